The van der Waals surface area contributed by atoms with Crippen molar-refractivity contribution in [3.63, 3.8) is 0 Å². The van der Waals surface area contributed by atoms with Crippen molar-refractivity contribution in [1.82, 2.24) is 4.98 Å². The second-order valence-corrected chi connectivity index (χ2v) is 3.72. The number of aromatic nitrogens is 1. The number of nitrogens with zero attached hydrogens (tertiary/aromatic N) is 1. The molecule has 82 valence electrons. The predicted octanol–water partition coefficient (Wildman–Crippen LogP) is 1.46. The van der Waals surface area contributed by atoms with Gasteiger partial charge >= 0.3 is 0 Å². The van der Waals surface area contributed by atoms with Crippen molar-refractivity contribution in [2.75, 3.05) is 13.3 Å². The van der Waals surface area contributed by atoms with Gasteiger partial charge in [0, 0.05) is 23.7 Å². The van der Waals surface area contributed by atoms with E-state index in [-0.39, 0.29) is 0 Å². The van der Waals surface area contributed by atoms with Gasteiger partial charge in [0.15, 0.2) is 11.5 Å². The number of hydrogen-bond donors (Lipinski definition) is 1. The normalized spacial score (nSPS) is 13.3. The largest absolute Gasteiger partial charge is 0.454 e. The van der Waals surface area contributed by atoms with E-state index in [1.165, 1.54) is 0 Å². The number of pyridine rings is 1. The molecule has 2 aromatic rings. The zero-order valence-corrected chi connectivity index (χ0v) is 8.77. The Morgan fingerprint density at radius 2 is 2.06 bits per heavy atom. The maximum absolute atomic E-state index is 5.57. The maximum Gasteiger partial charge on any atom is 0.231 e. The lowest BCUT2D eigenvalue weighted by atomic mass is 10.1. The van der Waals surface area contributed by atoms with E-state index in [1.807, 2.05) is 18.2 Å². The van der Waals surface area contributed by atoms with E-state index in [9.17, 15) is 0 Å². The van der Waals surface area contributed by atoms with Gasteiger partial charge in [-0.3, -0.25) is 4.98 Å². The first-order valence-corrected chi connectivity index (χ1v) is 5.26. The van der Waals surface area contributed by atoms with Crippen LogP contribution in [0.5, 0.6) is 11.5 Å². The Bertz CT molecular complexity index is 540. The number of ether oxygens (including phenoxy) is 2. The lowest BCUT2D eigenvalue weighted by molar-refractivity contribution is 0.174. The van der Waals surface area contributed by atoms with Crippen LogP contribution in [0.4, 0.5) is 0 Å². The lowest BCUT2D eigenvalue weighted by Crippen LogP contribution is -2.04. The molecule has 1 aliphatic rings. The predicted molar refractivity (Wildman–Crippen MR) is 60.6 cm³/mol. The Hall–Kier alpha value is -1.81. The van der Waals surface area contributed by atoms with Gasteiger partial charge in [0.05, 0.1) is 0 Å². The second-order valence-electron chi connectivity index (χ2n) is 3.72. The molecule has 2 N–H and O–H groups in total. The Kier molecular flexibility index (Phi) is 2.15. The van der Waals surface area contributed by atoms with Crippen LogP contribution in [0.1, 0.15) is 5.69 Å². The highest BCUT2D eigenvalue weighted by Gasteiger charge is 2.15. The quantitative estimate of drug-likeness (QED) is 0.825. The van der Waals surface area contributed by atoms with Crippen molar-refractivity contribution >= 4 is 10.8 Å². The third kappa shape index (κ3) is 1.39. The minimum atomic E-state index is 0.297. The van der Waals surface area contributed by atoms with Gasteiger partial charge in [-0.05, 0) is 30.1 Å². The molecule has 0 aliphatic carbocycles. The third-order valence-corrected chi connectivity index (χ3v) is 2.72. The van der Waals surface area contributed by atoms with Crippen LogP contribution in [0.3, 0.4) is 0 Å². The first-order chi connectivity index (χ1) is 7.88. The van der Waals surface area contributed by atoms with Gasteiger partial charge in [-0.1, -0.05) is 0 Å². The second kappa shape index (κ2) is 3.64. The van der Waals surface area contributed by atoms with Crippen molar-refractivity contribution < 1.29 is 9.47 Å². The summed E-state index contributed by atoms with van der Waals surface area (Å²) in [6.45, 7) is 0.895. The Balaban J connectivity index is 2.23. The number of rotatable bonds is 2. The number of benzene rings is 1. The van der Waals surface area contributed by atoms with Gasteiger partial charge in [-0.15, -0.1) is 0 Å². The smallest absolute Gasteiger partial charge is 0.231 e. The summed E-state index contributed by atoms with van der Waals surface area (Å²) in [5, 5.41) is 2.21. The average Bonchev–Trinajstić information content (AvgIpc) is 2.74. The van der Waals surface area contributed by atoms with Crippen LogP contribution in [-0.2, 0) is 6.42 Å². The van der Waals surface area contributed by atoms with E-state index in [0.29, 0.717) is 13.3 Å². The monoisotopic (exact) mass is 216 g/mol. The van der Waals surface area contributed by atoms with Gasteiger partial charge in [-0.2, -0.15) is 0 Å². The molecule has 16 heavy (non-hydrogen) atoms. The van der Waals surface area contributed by atoms with E-state index >= 15 is 0 Å². The zero-order chi connectivity index (χ0) is 11.0. The summed E-state index contributed by atoms with van der Waals surface area (Å²) in [6, 6.07) is 5.94. The molecule has 0 amide bonds. The van der Waals surface area contributed by atoms with Crippen molar-refractivity contribution in [2.45, 2.75) is 6.42 Å². The summed E-state index contributed by atoms with van der Waals surface area (Å²) >= 11 is 0. The molecule has 0 spiro atoms. The molecule has 0 saturated carbocycles. The molecule has 0 atom stereocenters. The van der Waals surface area contributed by atoms with E-state index in [4.69, 9.17) is 15.2 Å². The highest BCUT2D eigenvalue weighted by Crippen LogP contribution is 2.36. The van der Waals surface area contributed by atoms with E-state index in [0.717, 1.165) is 34.4 Å². The molecule has 0 saturated heterocycles. The fourth-order valence-corrected chi connectivity index (χ4v) is 1.96. The lowest BCUT2D eigenvalue weighted by Gasteiger charge is -2.05. The highest BCUT2D eigenvalue weighted by atomic mass is 16.7. The third-order valence-electron chi connectivity index (χ3n) is 2.72. The van der Waals surface area contributed by atoms with Crippen molar-refractivity contribution in [3.8, 4) is 11.5 Å². The van der Waals surface area contributed by atoms with Gasteiger partial charge in [0.25, 0.3) is 0 Å². The van der Waals surface area contributed by atoms with Crippen LogP contribution < -0.4 is 15.2 Å². The molecular weight excluding hydrogens is 204 g/mol. The van der Waals surface area contributed by atoms with Crippen LogP contribution in [0.25, 0.3) is 10.8 Å². The molecule has 2 heterocycles. The molecule has 4 heteroatoms. The van der Waals surface area contributed by atoms with E-state index < -0.39 is 0 Å². The van der Waals surface area contributed by atoms with Crippen LogP contribution in [0.2, 0.25) is 0 Å². The molecule has 1 aromatic carbocycles. The summed E-state index contributed by atoms with van der Waals surface area (Å²) in [5.41, 5.74) is 6.58. The minimum absolute atomic E-state index is 0.297. The maximum atomic E-state index is 5.57. The Labute approximate surface area is 93.0 Å². The molecular formula is C12H12N2O2. The average molecular weight is 216 g/mol. The summed E-state index contributed by atoms with van der Waals surface area (Å²) in [4.78, 5) is 4.35. The number of fused-ring (bicyclic) bond motifs is 2. The topological polar surface area (TPSA) is 57.4 Å². The van der Waals surface area contributed by atoms with Gasteiger partial charge in [-0.25, -0.2) is 0 Å². The number of nitrogens with two attached hydrogens (primary N) is 1. The van der Waals surface area contributed by atoms with Gasteiger partial charge in [0.1, 0.15) is 0 Å². The van der Waals surface area contributed by atoms with E-state index in [1.54, 1.807) is 6.20 Å². The summed E-state index contributed by atoms with van der Waals surface area (Å²) in [5.74, 6) is 1.59. The molecule has 3 rings (SSSR count). The molecule has 1 aliphatic heterocycles. The zero-order valence-electron chi connectivity index (χ0n) is 8.77. The van der Waals surface area contributed by atoms with Crippen LogP contribution in [-0.4, -0.2) is 18.3 Å². The first-order valence-electron chi connectivity index (χ1n) is 5.26. The van der Waals surface area contributed by atoms with Crippen molar-refractivity contribution in [1.29, 1.82) is 0 Å². The molecule has 0 radical (unpaired) electrons. The van der Waals surface area contributed by atoms with Crippen LogP contribution in [0.15, 0.2) is 24.4 Å². The Morgan fingerprint density at radius 1 is 1.25 bits per heavy atom. The molecule has 0 unspecified atom stereocenters. The minimum Gasteiger partial charge on any atom is -0.454 e. The van der Waals surface area contributed by atoms with E-state index in [2.05, 4.69) is 4.98 Å². The summed E-state index contributed by atoms with van der Waals surface area (Å²) in [6.07, 6.45) is 2.58. The number of hydrogen-bond acceptors (Lipinski definition) is 4. The summed E-state index contributed by atoms with van der Waals surface area (Å²) in [7, 11) is 0. The van der Waals surface area contributed by atoms with Gasteiger partial charge in [0.2, 0.25) is 6.79 Å². The first kappa shape index (κ1) is 9.42. The highest BCUT2D eigenvalue weighted by molar-refractivity contribution is 5.88. The van der Waals surface area contributed by atoms with Crippen LogP contribution >= 0.6 is 0 Å². The van der Waals surface area contributed by atoms with Gasteiger partial charge < -0.3 is 15.2 Å². The summed E-state index contributed by atoms with van der Waals surface area (Å²) < 4.78 is 10.7. The van der Waals surface area contributed by atoms with Crippen LogP contribution in [0, 0.1) is 0 Å². The Morgan fingerprint density at radius 3 is 2.88 bits per heavy atom. The van der Waals surface area contributed by atoms with Crippen molar-refractivity contribution in [3.05, 3.63) is 30.1 Å². The fraction of sp³-hybridized carbons (Fsp3) is 0.250. The SMILES string of the molecule is NCCc1nccc2cc3c(cc12)OCO3. The standard InChI is InChI=1S/C12H12N2O2/c13-3-1-10-9-6-12-11(15-7-16-12)5-8(9)2-4-14-10/h2,4-6H,1,3,7,13H2. The fourth-order valence-electron chi connectivity index (χ4n) is 1.96. The molecule has 0 fully saturated rings. The molecule has 0 bridgehead atoms. The van der Waals surface area contributed by atoms with Crippen molar-refractivity contribution in [2.24, 2.45) is 5.73 Å². The molecule has 1 aromatic heterocycles. The molecule has 4 nitrogen and oxygen atoms in total.